The van der Waals surface area contributed by atoms with Crippen LogP contribution in [0.4, 0.5) is 0 Å². The molecule has 0 saturated heterocycles. The van der Waals surface area contributed by atoms with Gasteiger partial charge in [0, 0.05) is 30.2 Å². The molecule has 0 aliphatic heterocycles. The topological polar surface area (TPSA) is 96.0 Å². The van der Waals surface area contributed by atoms with Crippen LogP contribution in [0.2, 0.25) is 0 Å². The fraction of sp³-hybridized carbons (Fsp3) is 0.188. The molecule has 1 aliphatic carbocycles. The summed E-state index contributed by atoms with van der Waals surface area (Å²) in [5.74, 6) is -0.211. The quantitative estimate of drug-likeness (QED) is 0.792. The Morgan fingerprint density at radius 2 is 2.22 bits per heavy atom. The van der Waals surface area contributed by atoms with Crippen LogP contribution in [-0.2, 0) is 0 Å². The zero-order chi connectivity index (χ0) is 15.8. The standard InChI is InChI=1S/C16H12N6O/c17-8-12-3-2-10(9-19-12)13-14(16(23)20-11-4-5-11)21-22-7-1-6-18-15(13)22/h1-3,6-7,9,11H,4-5H2,(H,20,23). The Labute approximate surface area is 131 Å². The van der Waals surface area contributed by atoms with Crippen LogP contribution in [0.25, 0.3) is 16.8 Å². The third-order valence-electron chi connectivity index (χ3n) is 3.69. The third-order valence-corrected chi connectivity index (χ3v) is 3.69. The highest BCUT2D eigenvalue weighted by molar-refractivity contribution is 6.02. The molecule has 4 rings (SSSR count). The monoisotopic (exact) mass is 304 g/mol. The highest BCUT2D eigenvalue weighted by Gasteiger charge is 2.28. The lowest BCUT2D eigenvalue weighted by molar-refractivity contribution is 0.0946. The van der Waals surface area contributed by atoms with Gasteiger partial charge in [-0.25, -0.2) is 14.5 Å². The SMILES string of the molecule is N#Cc1ccc(-c2c(C(=O)NC3CC3)nn3cccnc23)cn1. The van der Waals surface area contributed by atoms with Crippen LogP contribution in [0.15, 0.2) is 36.8 Å². The molecule has 3 heterocycles. The number of amides is 1. The number of carbonyl (C=O) groups is 1. The lowest BCUT2D eigenvalue weighted by Gasteiger charge is -2.03. The minimum absolute atomic E-state index is 0.211. The number of nitriles is 1. The van der Waals surface area contributed by atoms with Gasteiger partial charge in [0.05, 0.1) is 5.56 Å². The zero-order valence-corrected chi connectivity index (χ0v) is 12.1. The van der Waals surface area contributed by atoms with Gasteiger partial charge in [0.2, 0.25) is 0 Å². The molecule has 1 aliphatic rings. The van der Waals surface area contributed by atoms with Crippen molar-refractivity contribution in [3.05, 3.63) is 48.2 Å². The molecule has 0 aromatic carbocycles. The van der Waals surface area contributed by atoms with Crippen molar-refractivity contribution in [2.24, 2.45) is 0 Å². The molecule has 3 aromatic heterocycles. The number of pyridine rings is 1. The number of hydrogen-bond acceptors (Lipinski definition) is 5. The van der Waals surface area contributed by atoms with Gasteiger partial charge in [-0.05, 0) is 31.0 Å². The second-order valence-corrected chi connectivity index (χ2v) is 5.40. The van der Waals surface area contributed by atoms with Gasteiger partial charge in [0.1, 0.15) is 11.8 Å². The summed E-state index contributed by atoms with van der Waals surface area (Å²) in [6.45, 7) is 0. The van der Waals surface area contributed by atoms with Gasteiger partial charge >= 0.3 is 0 Å². The van der Waals surface area contributed by atoms with Crippen LogP contribution < -0.4 is 5.32 Å². The Morgan fingerprint density at radius 1 is 1.35 bits per heavy atom. The van der Waals surface area contributed by atoms with E-state index in [0.29, 0.717) is 28.2 Å². The number of rotatable bonds is 3. The Bertz CT molecular complexity index is 933. The molecule has 1 fully saturated rings. The number of nitrogens with one attached hydrogen (secondary N) is 1. The van der Waals surface area contributed by atoms with Crippen LogP contribution in [0.5, 0.6) is 0 Å². The largest absolute Gasteiger partial charge is 0.348 e. The van der Waals surface area contributed by atoms with Crippen molar-refractivity contribution >= 4 is 11.6 Å². The van der Waals surface area contributed by atoms with E-state index in [0.717, 1.165) is 12.8 Å². The Hall–Kier alpha value is -3.27. The Morgan fingerprint density at radius 3 is 2.91 bits per heavy atom. The minimum Gasteiger partial charge on any atom is -0.348 e. The molecule has 0 unspecified atom stereocenters. The third kappa shape index (κ3) is 2.40. The van der Waals surface area contributed by atoms with Gasteiger partial charge in [-0.15, -0.1) is 0 Å². The van der Waals surface area contributed by atoms with E-state index in [1.807, 2.05) is 6.07 Å². The summed E-state index contributed by atoms with van der Waals surface area (Å²) in [7, 11) is 0. The lowest BCUT2D eigenvalue weighted by Crippen LogP contribution is -2.26. The predicted octanol–water partition coefficient (Wildman–Crippen LogP) is 1.56. The molecule has 7 nitrogen and oxygen atoms in total. The molecule has 3 aromatic rings. The molecule has 1 amide bonds. The number of aromatic nitrogens is 4. The molecule has 0 spiro atoms. The van der Waals surface area contributed by atoms with Crippen molar-refractivity contribution in [1.29, 1.82) is 5.26 Å². The summed E-state index contributed by atoms with van der Waals surface area (Å²) in [6.07, 6.45) is 6.98. The van der Waals surface area contributed by atoms with Crippen molar-refractivity contribution in [3.63, 3.8) is 0 Å². The van der Waals surface area contributed by atoms with Crippen molar-refractivity contribution in [2.45, 2.75) is 18.9 Å². The summed E-state index contributed by atoms with van der Waals surface area (Å²) in [5, 5.41) is 16.2. The van der Waals surface area contributed by atoms with Crippen LogP contribution >= 0.6 is 0 Å². The first-order valence-corrected chi connectivity index (χ1v) is 7.27. The highest BCUT2D eigenvalue weighted by atomic mass is 16.2. The maximum atomic E-state index is 12.5. The van der Waals surface area contributed by atoms with Crippen LogP contribution in [0.1, 0.15) is 29.0 Å². The van der Waals surface area contributed by atoms with E-state index in [2.05, 4.69) is 20.4 Å². The number of nitrogens with zero attached hydrogens (tertiary/aromatic N) is 5. The van der Waals surface area contributed by atoms with Crippen LogP contribution in [0, 0.1) is 11.3 Å². The van der Waals surface area contributed by atoms with Gasteiger partial charge in [-0.1, -0.05) is 0 Å². The molecule has 0 atom stereocenters. The lowest BCUT2D eigenvalue weighted by atomic mass is 10.1. The fourth-order valence-electron chi connectivity index (χ4n) is 2.40. The van der Waals surface area contributed by atoms with Gasteiger partial charge in [0.15, 0.2) is 11.3 Å². The van der Waals surface area contributed by atoms with Gasteiger partial charge in [0.25, 0.3) is 5.91 Å². The van der Waals surface area contributed by atoms with Crippen molar-refractivity contribution in [3.8, 4) is 17.2 Å². The van der Waals surface area contributed by atoms with E-state index in [-0.39, 0.29) is 11.9 Å². The molecule has 7 heteroatoms. The molecule has 1 N–H and O–H groups in total. The number of carbonyl (C=O) groups excluding carboxylic acids is 1. The molecular weight excluding hydrogens is 292 g/mol. The first-order valence-electron chi connectivity index (χ1n) is 7.27. The average Bonchev–Trinajstić information content (AvgIpc) is 3.31. The first kappa shape index (κ1) is 13.4. The molecule has 23 heavy (non-hydrogen) atoms. The van der Waals surface area contributed by atoms with Crippen molar-refractivity contribution in [2.75, 3.05) is 0 Å². The normalized spacial score (nSPS) is 13.7. The summed E-state index contributed by atoms with van der Waals surface area (Å²) in [4.78, 5) is 20.9. The van der Waals surface area contributed by atoms with Gasteiger partial charge in [-0.2, -0.15) is 10.4 Å². The van der Waals surface area contributed by atoms with E-state index in [1.165, 1.54) is 0 Å². The van der Waals surface area contributed by atoms with Crippen LogP contribution in [-0.4, -0.2) is 31.5 Å². The summed E-state index contributed by atoms with van der Waals surface area (Å²) in [6, 6.07) is 7.35. The molecule has 112 valence electrons. The van der Waals surface area contributed by atoms with E-state index >= 15 is 0 Å². The zero-order valence-electron chi connectivity index (χ0n) is 12.1. The van der Waals surface area contributed by atoms with Gasteiger partial charge < -0.3 is 5.32 Å². The van der Waals surface area contributed by atoms with E-state index < -0.39 is 0 Å². The highest BCUT2D eigenvalue weighted by Crippen LogP contribution is 2.28. The minimum atomic E-state index is -0.211. The maximum Gasteiger partial charge on any atom is 0.272 e. The first-order chi connectivity index (χ1) is 11.3. The molecule has 0 bridgehead atoms. The summed E-state index contributed by atoms with van der Waals surface area (Å²) >= 11 is 0. The van der Waals surface area contributed by atoms with E-state index in [1.54, 1.807) is 41.3 Å². The van der Waals surface area contributed by atoms with Crippen LogP contribution in [0.3, 0.4) is 0 Å². The fourth-order valence-corrected chi connectivity index (χ4v) is 2.40. The Kier molecular flexibility index (Phi) is 3.01. The summed E-state index contributed by atoms with van der Waals surface area (Å²) < 4.78 is 1.58. The average molecular weight is 304 g/mol. The summed E-state index contributed by atoms with van der Waals surface area (Å²) in [5.41, 5.74) is 2.56. The number of hydrogen-bond donors (Lipinski definition) is 1. The second kappa shape index (κ2) is 5.18. The number of fused-ring (bicyclic) bond motifs is 1. The van der Waals surface area contributed by atoms with Crippen molar-refractivity contribution < 1.29 is 4.79 Å². The smallest absolute Gasteiger partial charge is 0.272 e. The molecule has 0 radical (unpaired) electrons. The maximum absolute atomic E-state index is 12.5. The van der Waals surface area contributed by atoms with E-state index in [4.69, 9.17) is 5.26 Å². The van der Waals surface area contributed by atoms with E-state index in [9.17, 15) is 4.79 Å². The molecule has 1 saturated carbocycles. The predicted molar refractivity (Wildman–Crippen MR) is 81.4 cm³/mol. The van der Waals surface area contributed by atoms with Gasteiger partial charge in [-0.3, -0.25) is 4.79 Å². The van der Waals surface area contributed by atoms with Crippen molar-refractivity contribution in [1.82, 2.24) is 24.9 Å². The Balaban J connectivity index is 1.87. The second-order valence-electron chi connectivity index (χ2n) is 5.40. The molecular formula is C16H12N6O.